The molecule has 0 heterocycles. The maximum absolute atomic E-state index is 2.51. The molecule has 0 unspecified atom stereocenters. The fourth-order valence-electron chi connectivity index (χ4n) is 5.76. The molecule has 0 aromatic heterocycles. The Morgan fingerprint density at radius 2 is 1.28 bits per heavy atom. The second-order valence-electron chi connectivity index (χ2n) is 10.6. The summed E-state index contributed by atoms with van der Waals surface area (Å²) in [5.74, 6) is 1.80. The highest BCUT2D eigenvalue weighted by Crippen LogP contribution is 2.38. The van der Waals surface area contributed by atoms with E-state index in [1.54, 1.807) is 5.56 Å². The van der Waals surface area contributed by atoms with Gasteiger partial charge in [0.2, 0.25) is 0 Å². The minimum atomic E-state index is 0.799. The van der Waals surface area contributed by atoms with Gasteiger partial charge in [0.05, 0.1) is 0 Å². The molecule has 1 aliphatic rings. The normalized spacial score (nSPS) is 18.8. The third-order valence-electron chi connectivity index (χ3n) is 8.04. The van der Waals surface area contributed by atoms with Crippen molar-refractivity contribution in [2.24, 2.45) is 5.92 Å². The van der Waals surface area contributed by atoms with Crippen LogP contribution in [-0.2, 0) is 19.3 Å². The van der Waals surface area contributed by atoms with Crippen LogP contribution in [0.5, 0.6) is 0 Å². The molecule has 32 heavy (non-hydrogen) atoms. The molecule has 176 valence electrons. The quantitative estimate of drug-likeness (QED) is 0.293. The third kappa shape index (κ3) is 7.50. The molecule has 1 fully saturated rings. The minimum absolute atomic E-state index is 0.799. The van der Waals surface area contributed by atoms with Gasteiger partial charge in [-0.3, -0.25) is 0 Å². The molecule has 0 heteroatoms. The van der Waals surface area contributed by atoms with Gasteiger partial charge in [0.1, 0.15) is 0 Å². The van der Waals surface area contributed by atoms with Crippen molar-refractivity contribution in [3.8, 4) is 0 Å². The van der Waals surface area contributed by atoms with Crippen LogP contribution in [0.4, 0.5) is 0 Å². The first kappa shape index (κ1) is 25.1. The number of hydrogen-bond donors (Lipinski definition) is 0. The second-order valence-corrected chi connectivity index (χ2v) is 10.6. The zero-order valence-corrected chi connectivity index (χ0v) is 21.5. The molecule has 2 aromatic rings. The van der Waals surface area contributed by atoms with Crippen LogP contribution in [0.1, 0.15) is 124 Å². The summed E-state index contributed by atoms with van der Waals surface area (Å²) in [5, 5.41) is 0. The monoisotopic (exact) mass is 432 g/mol. The van der Waals surface area contributed by atoms with E-state index in [2.05, 4.69) is 64.1 Å². The highest BCUT2D eigenvalue weighted by molar-refractivity contribution is 5.36. The molecule has 0 spiro atoms. The highest BCUT2D eigenvalue weighted by atomic mass is 14.3. The first-order valence-electron chi connectivity index (χ1n) is 13.8. The highest BCUT2D eigenvalue weighted by Gasteiger charge is 2.22. The van der Waals surface area contributed by atoms with Gasteiger partial charge in [-0.25, -0.2) is 0 Å². The lowest BCUT2D eigenvalue weighted by Gasteiger charge is -2.29. The van der Waals surface area contributed by atoms with E-state index in [1.807, 2.05) is 0 Å². The van der Waals surface area contributed by atoms with Crippen LogP contribution >= 0.6 is 0 Å². The number of unbranched alkanes of at least 4 members (excludes halogenated alkanes) is 4. The van der Waals surface area contributed by atoms with Crippen LogP contribution in [0.3, 0.4) is 0 Å². The van der Waals surface area contributed by atoms with Crippen LogP contribution in [0.2, 0.25) is 0 Å². The Kier molecular flexibility index (Phi) is 10.4. The molecule has 0 amide bonds. The molecule has 0 atom stereocenters. The molecule has 0 nitrogen and oxygen atoms in total. The Morgan fingerprint density at radius 1 is 0.656 bits per heavy atom. The average molecular weight is 433 g/mol. The van der Waals surface area contributed by atoms with Crippen molar-refractivity contribution in [3.05, 3.63) is 69.8 Å². The van der Waals surface area contributed by atoms with E-state index in [1.165, 1.54) is 105 Å². The van der Waals surface area contributed by atoms with Gasteiger partial charge < -0.3 is 0 Å². The van der Waals surface area contributed by atoms with Crippen molar-refractivity contribution < 1.29 is 0 Å². The number of aryl methyl sites for hydroxylation is 5. The lowest BCUT2D eigenvalue weighted by molar-refractivity contribution is 0.302. The van der Waals surface area contributed by atoms with Gasteiger partial charge in [-0.1, -0.05) is 88.8 Å². The van der Waals surface area contributed by atoms with Crippen LogP contribution < -0.4 is 0 Å². The van der Waals surface area contributed by atoms with Crippen molar-refractivity contribution in [3.63, 3.8) is 0 Å². The molecular weight excluding hydrogens is 384 g/mol. The smallest absolute Gasteiger partial charge is 0.0162 e. The largest absolute Gasteiger partial charge is 0.0654 e. The van der Waals surface area contributed by atoms with Crippen LogP contribution in [0, 0.1) is 19.8 Å². The van der Waals surface area contributed by atoms with Crippen LogP contribution in [0.25, 0.3) is 0 Å². The molecule has 1 aliphatic carbocycles. The molecule has 3 rings (SSSR count). The molecule has 2 aromatic carbocycles. The van der Waals surface area contributed by atoms with Gasteiger partial charge in [0.15, 0.2) is 0 Å². The summed E-state index contributed by atoms with van der Waals surface area (Å²) in [5.41, 5.74) is 9.15. The zero-order valence-electron chi connectivity index (χ0n) is 21.5. The molecule has 1 saturated carbocycles. The lowest BCUT2D eigenvalue weighted by Crippen LogP contribution is -2.13. The first-order chi connectivity index (χ1) is 15.6. The summed E-state index contributed by atoms with van der Waals surface area (Å²) in [6.45, 7) is 9.23. The fourth-order valence-corrected chi connectivity index (χ4v) is 5.76. The topological polar surface area (TPSA) is 0 Å². The molecule has 0 radical (unpaired) electrons. The maximum Gasteiger partial charge on any atom is -0.0162 e. The van der Waals surface area contributed by atoms with E-state index in [-0.39, 0.29) is 0 Å². The summed E-state index contributed by atoms with van der Waals surface area (Å²) < 4.78 is 0. The number of rotatable bonds is 12. The molecular formula is C32H48. The van der Waals surface area contributed by atoms with E-state index in [0.717, 1.165) is 24.7 Å². The van der Waals surface area contributed by atoms with E-state index < -0.39 is 0 Å². The van der Waals surface area contributed by atoms with E-state index >= 15 is 0 Å². The fraction of sp³-hybridized carbons (Fsp3) is 0.625. The van der Waals surface area contributed by atoms with Gasteiger partial charge in [-0.05, 0) is 110 Å². The predicted molar refractivity (Wildman–Crippen MR) is 142 cm³/mol. The standard InChI is InChI=1S/C32H48/c1-5-7-9-11-27-13-17-31(18-14-27)32-22-21-30(26(4)24-32)20-19-29-16-15-28(23-25(29)3)12-10-8-6-2/h15-16,21-24,27,31H,5-14,17-20H2,1-4H3/t27-,31-. The van der Waals surface area contributed by atoms with Gasteiger partial charge in [-0.2, -0.15) is 0 Å². The molecule has 0 bridgehead atoms. The summed E-state index contributed by atoms with van der Waals surface area (Å²) in [4.78, 5) is 0. The summed E-state index contributed by atoms with van der Waals surface area (Å²) in [6.07, 6.45) is 18.9. The van der Waals surface area contributed by atoms with Crippen LogP contribution in [-0.4, -0.2) is 0 Å². The van der Waals surface area contributed by atoms with Gasteiger partial charge in [0, 0.05) is 0 Å². The Labute approximate surface area is 199 Å². The number of hydrogen-bond acceptors (Lipinski definition) is 0. The molecule has 0 aliphatic heterocycles. The van der Waals surface area contributed by atoms with Crippen molar-refractivity contribution in [2.75, 3.05) is 0 Å². The average Bonchev–Trinajstić information content (AvgIpc) is 2.80. The van der Waals surface area contributed by atoms with Crippen molar-refractivity contribution >= 4 is 0 Å². The van der Waals surface area contributed by atoms with Gasteiger partial charge >= 0.3 is 0 Å². The Bertz CT molecular complexity index is 807. The summed E-state index contributed by atoms with van der Waals surface area (Å²) in [6, 6.07) is 14.6. The molecule has 0 N–H and O–H groups in total. The second kappa shape index (κ2) is 13.2. The Hall–Kier alpha value is -1.56. The van der Waals surface area contributed by atoms with Gasteiger partial charge in [0.25, 0.3) is 0 Å². The maximum atomic E-state index is 2.51. The molecule has 0 saturated heterocycles. The summed E-state index contributed by atoms with van der Waals surface area (Å²) in [7, 11) is 0. The SMILES string of the molecule is CCCCCc1ccc(CCc2ccc([C@H]3CC[C@H](CCCCC)CC3)cc2C)c(C)c1. The van der Waals surface area contributed by atoms with Crippen molar-refractivity contribution in [2.45, 2.75) is 124 Å². The van der Waals surface area contributed by atoms with Crippen LogP contribution in [0.15, 0.2) is 36.4 Å². The Balaban J connectivity index is 1.50. The predicted octanol–water partition coefficient (Wildman–Crippen LogP) is 9.68. The summed E-state index contributed by atoms with van der Waals surface area (Å²) >= 11 is 0. The minimum Gasteiger partial charge on any atom is -0.0654 e. The Morgan fingerprint density at radius 3 is 1.91 bits per heavy atom. The van der Waals surface area contributed by atoms with Crippen molar-refractivity contribution in [1.82, 2.24) is 0 Å². The van der Waals surface area contributed by atoms with E-state index in [9.17, 15) is 0 Å². The van der Waals surface area contributed by atoms with E-state index in [4.69, 9.17) is 0 Å². The van der Waals surface area contributed by atoms with Crippen molar-refractivity contribution in [1.29, 1.82) is 0 Å². The zero-order chi connectivity index (χ0) is 22.8. The van der Waals surface area contributed by atoms with Gasteiger partial charge in [-0.15, -0.1) is 0 Å². The van der Waals surface area contributed by atoms with E-state index in [0.29, 0.717) is 0 Å². The lowest BCUT2D eigenvalue weighted by atomic mass is 9.76. The first-order valence-corrected chi connectivity index (χ1v) is 13.8. The number of benzene rings is 2. The third-order valence-corrected chi connectivity index (χ3v) is 8.04.